The van der Waals surface area contributed by atoms with Crippen molar-refractivity contribution in [2.45, 2.75) is 70.6 Å². The minimum atomic E-state index is -0.596. The number of imidazole rings is 1. The summed E-state index contributed by atoms with van der Waals surface area (Å²) >= 11 is 0. The molecule has 3 aromatic heterocycles. The predicted molar refractivity (Wildman–Crippen MR) is 308 cm³/mol. The van der Waals surface area contributed by atoms with E-state index < -0.39 is 59.2 Å². The first kappa shape index (κ1) is 36.8. The molecule has 0 spiro atoms. The molecule has 9 aromatic carbocycles. The molecule has 0 atom stereocenters. The van der Waals surface area contributed by atoms with Gasteiger partial charge in [-0.05, 0) is 125 Å². The second-order valence-corrected chi connectivity index (χ2v) is 22.1. The molecule has 0 fully saturated rings. The van der Waals surface area contributed by atoms with E-state index in [4.69, 9.17) is 15.2 Å². The van der Waals surface area contributed by atoms with Gasteiger partial charge in [0, 0.05) is 49.7 Å². The topological polar surface area (TPSA) is 35.9 Å². The summed E-state index contributed by atoms with van der Waals surface area (Å²) in [6.07, 6.45) is 7.06. The van der Waals surface area contributed by atoms with Crippen LogP contribution in [0.2, 0.25) is 0 Å². The first-order valence-electron chi connectivity index (χ1n) is 31.3. The van der Waals surface area contributed by atoms with Crippen LogP contribution in [0.5, 0.6) is 11.5 Å². The number of fused-ring (bicyclic) bond motifs is 14. The van der Waals surface area contributed by atoms with Gasteiger partial charge in [-0.25, -0.2) is 4.98 Å². The number of para-hydroxylation sites is 3. The van der Waals surface area contributed by atoms with Gasteiger partial charge < -0.3 is 13.9 Å². The molecule has 5 nitrogen and oxygen atoms in total. The van der Waals surface area contributed by atoms with Gasteiger partial charge in [0.25, 0.3) is 6.33 Å². The molecule has 0 unspecified atom stereocenters. The standard InChI is InChI=1S/C71H54N4O.Pt/c1-69(2)36-37-70(3,4)61-38-44(32-35-60(61)69)48-26-16-27-56-51-22-9-7-20-49(51)50-21-8-10-23-52(50)57-28-17-31-64-68(57)74(67(48)56)43-73(64)45-18-15-19-46(39-45)76-47-33-34-55-54-25-12-14-30-63(54)75(65(55)40-47)66-41-58-53-24-11-13-29-59(53)71(5,6)62(58)42-72-66;/h7-35,38,41-42H,36-37H2,1-6H3;/q-2;/i7D,8D,9D,10D,20D,21D,22D,23D,32D,35D,38D;. The zero-order valence-corrected chi connectivity index (χ0v) is 45.3. The van der Waals surface area contributed by atoms with Crippen LogP contribution in [0.25, 0.3) is 106 Å². The van der Waals surface area contributed by atoms with Crippen LogP contribution in [0.15, 0.2) is 194 Å². The Labute approximate surface area is 479 Å². The smallest absolute Gasteiger partial charge is 0.268 e. The molecule has 4 heterocycles. The predicted octanol–water partition coefficient (Wildman–Crippen LogP) is 17.2. The minimum Gasteiger partial charge on any atom is -0.510 e. The molecule has 1 aliphatic heterocycles. The van der Waals surface area contributed by atoms with Gasteiger partial charge in [-0.1, -0.05) is 192 Å². The van der Waals surface area contributed by atoms with Crippen LogP contribution in [0.3, 0.4) is 0 Å². The normalized spacial score (nSPS) is 17.0. The molecule has 3 aliphatic rings. The zero-order chi connectivity index (χ0) is 60.8. The van der Waals surface area contributed by atoms with Crippen LogP contribution in [-0.4, -0.2) is 14.1 Å². The molecule has 0 amide bonds. The third-order valence-corrected chi connectivity index (χ3v) is 16.4. The van der Waals surface area contributed by atoms with E-state index >= 15 is 0 Å². The van der Waals surface area contributed by atoms with Gasteiger partial charge in [0.15, 0.2) is 0 Å². The zero-order valence-electron chi connectivity index (χ0n) is 54.1. The van der Waals surface area contributed by atoms with E-state index in [2.05, 4.69) is 107 Å². The van der Waals surface area contributed by atoms with Crippen molar-refractivity contribution in [1.82, 2.24) is 14.1 Å². The Kier molecular flexibility index (Phi) is 8.22. The monoisotopic (exact) mass is 1180 g/mol. The molecule has 0 saturated carbocycles. The van der Waals surface area contributed by atoms with Gasteiger partial charge in [0.2, 0.25) is 0 Å². The van der Waals surface area contributed by atoms with Crippen LogP contribution in [0, 0.1) is 18.5 Å². The summed E-state index contributed by atoms with van der Waals surface area (Å²) in [5.41, 5.74) is 8.56. The average molecular weight is 1190 g/mol. The Morgan fingerprint density at radius 3 is 1.99 bits per heavy atom. The number of aromatic nitrogens is 4. The molecule has 77 heavy (non-hydrogen) atoms. The fraction of sp³-hybridized carbons (Fsp3) is 0.155. The van der Waals surface area contributed by atoms with Crippen LogP contribution in [0.4, 0.5) is 0 Å². The van der Waals surface area contributed by atoms with Gasteiger partial charge in [-0.3, -0.25) is 4.57 Å². The van der Waals surface area contributed by atoms with E-state index in [1.54, 1.807) is 45.5 Å². The molecule has 0 radical (unpaired) electrons. The largest absolute Gasteiger partial charge is 0.510 e. The number of benzene rings is 9. The van der Waals surface area contributed by atoms with Crippen molar-refractivity contribution in [2.75, 3.05) is 0 Å². The van der Waals surface area contributed by atoms with Gasteiger partial charge in [-0.2, -0.15) is 18.2 Å². The fourth-order valence-corrected chi connectivity index (χ4v) is 12.3. The third kappa shape index (κ3) is 7.09. The molecule has 6 heteroatoms. The Morgan fingerprint density at radius 2 is 1.18 bits per heavy atom. The summed E-state index contributed by atoms with van der Waals surface area (Å²) in [5.74, 6) is 1.47. The molecule has 12 aromatic rings. The summed E-state index contributed by atoms with van der Waals surface area (Å²) in [6.45, 7) is 12.7. The van der Waals surface area contributed by atoms with Crippen molar-refractivity contribution in [1.29, 1.82) is 0 Å². The summed E-state index contributed by atoms with van der Waals surface area (Å²) in [6, 6.07) is 41.4. The van der Waals surface area contributed by atoms with Gasteiger partial charge >= 0.3 is 0 Å². The number of rotatable bonds is 5. The molecule has 2 aliphatic carbocycles. The Morgan fingerprint density at radius 1 is 0.545 bits per heavy atom. The SMILES string of the molecule is [2H]c1c([2H])c([2H])c2c(c1[2H])-c1cccc(-c3c([2H])c([2H])c4c(c3[2H])C(C)(C)CCC4(C)C)c1-[n+]1[c-]n(-c3[c-]c(Oc4[c-]c5c(cc4)c4ccccc4n5-c4cc5c(cn4)C(C)(C)c4ccccc4-5)ccc3)c3cccc(c31)-c1c([2H])c([2H])c([2H])c([2H])c1-2.[Pt]. The Bertz CT molecular complexity index is 5100. The van der Waals surface area contributed by atoms with Crippen molar-refractivity contribution < 1.29 is 45.4 Å². The second kappa shape index (κ2) is 17.2. The molecule has 15 rings (SSSR count). The average Bonchev–Trinajstić information content (AvgIpc) is 1.31. The van der Waals surface area contributed by atoms with Crippen molar-refractivity contribution in [3.05, 3.63) is 235 Å². The maximum absolute atomic E-state index is 10.3. The van der Waals surface area contributed by atoms with Crippen LogP contribution in [-0.2, 0) is 37.3 Å². The molecule has 0 bridgehead atoms. The minimum absolute atomic E-state index is 0. The van der Waals surface area contributed by atoms with E-state index in [9.17, 15) is 9.60 Å². The number of nitrogens with zero attached hydrogens (tertiary/aromatic N) is 4. The molecule has 376 valence electrons. The molecular weight excluding hydrogens is 1120 g/mol. The van der Waals surface area contributed by atoms with E-state index in [0.29, 0.717) is 44.9 Å². The van der Waals surface area contributed by atoms with Gasteiger partial charge in [0.05, 0.1) is 31.8 Å². The van der Waals surface area contributed by atoms with Crippen LogP contribution < -0.4 is 9.30 Å². The summed E-state index contributed by atoms with van der Waals surface area (Å²) in [4.78, 5) is 5.12. The number of pyridine rings is 1. The van der Waals surface area contributed by atoms with Gasteiger partial charge in [0.1, 0.15) is 5.82 Å². The van der Waals surface area contributed by atoms with Crippen LogP contribution in [0.1, 0.15) is 91.7 Å². The Balaban J connectivity index is 0.00000680. The van der Waals surface area contributed by atoms with E-state index in [0.717, 1.165) is 51.6 Å². The van der Waals surface area contributed by atoms with E-state index in [1.165, 1.54) is 11.1 Å². The van der Waals surface area contributed by atoms with E-state index in [1.807, 2.05) is 48.7 Å². The molecule has 0 saturated heterocycles. The quantitative estimate of drug-likeness (QED) is 0.127. The Hall–Kier alpha value is -8.11. The molecular formula is C71H54N4OPt-2. The summed E-state index contributed by atoms with van der Waals surface area (Å²) < 4.78 is 117. The van der Waals surface area contributed by atoms with Crippen molar-refractivity contribution in [2.24, 2.45) is 0 Å². The summed E-state index contributed by atoms with van der Waals surface area (Å²) in [5, 5.41) is 1.99. The maximum atomic E-state index is 10.3. The number of ether oxygens (including phenoxy) is 1. The number of hydrogen-bond donors (Lipinski definition) is 0. The number of hydrogen-bond acceptors (Lipinski definition) is 2. The fourth-order valence-electron chi connectivity index (χ4n) is 12.3. The first-order chi connectivity index (χ1) is 41.5. The first-order valence-corrected chi connectivity index (χ1v) is 25.8. The van der Waals surface area contributed by atoms with E-state index in [-0.39, 0.29) is 89.2 Å². The maximum Gasteiger partial charge on any atom is 0.268 e. The third-order valence-electron chi connectivity index (χ3n) is 16.4. The van der Waals surface area contributed by atoms with Crippen molar-refractivity contribution in [3.63, 3.8) is 0 Å². The van der Waals surface area contributed by atoms with Gasteiger partial charge in [-0.15, -0.1) is 29.7 Å². The summed E-state index contributed by atoms with van der Waals surface area (Å²) in [7, 11) is 0. The second-order valence-electron chi connectivity index (χ2n) is 22.1. The van der Waals surface area contributed by atoms with Crippen molar-refractivity contribution in [3.8, 4) is 84.3 Å². The molecule has 0 N–H and O–H groups in total. The van der Waals surface area contributed by atoms with Crippen molar-refractivity contribution >= 4 is 32.8 Å². The van der Waals surface area contributed by atoms with Crippen LogP contribution >= 0.6 is 0 Å².